The lowest BCUT2D eigenvalue weighted by molar-refractivity contribution is 0.575. The van der Waals surface area contributed by atoms with E-state index in [1.807, 2.05) is 6.20 Å². The summed E-state index contributed by atoms with van der Waals surface area (Å²) in [5.74, 6) is 1.72. The van der Waals surface area contributed by atoms with Gasteiger partial charge in [-0.1, -0.05) is 25.7 Å². The van der Waals surface area contributed by atoms with Crippen molar-refractivity contribution in [2.45, 2.75) is 62.8 Å². The fourth-order valence-electron chi connectivity index (χ4n) is 2.76. The quantitative estimate of drug-likeness (QED) is 0.751. The first kappa shape index (κ1) is 10.3. The zero-order chi connectivity index (χ0) is 11.0. The number of rotatable bonds is 2. The fraction of sp³-hybridized carbons (Fsp3) is 0.769. The van der Waals surface area contributed by atoms with Crippen LogP contribution >= 0.6 is 0 Å². The largest absolute Gasteiger partial charge is 0.344 e. The molecular weight excluding hydrogens is 198 g/mol. The summed E-state index contributed by atoms with van der Waals surface area (Å²) in [7, 11) is 0. The van der Waals surface area contributed by atoms with Crippen LogP contribution in [0, 0.1) is 0 Å². The van der Waals surface area contributed by atoms with E-state index in [1.165, 1.54) is 44.2 Å². The van der Waals surface area contributed by atoms with E-state index in [9.17, 15) is 0 Å². The minimum absolute atomic E-state index is 0.108. The smallest absolute Gasteiger partial charge is 0.126 e. The molecule has 16 heavy (non-hydrogen) atoms. The third-order valence-electron chi connectivity index (χ3n) is 4.15. The van der Waals surface area contributed by atoms with Gasteiger partial charge < -0.3 is 10.7 Å². The van der Waals surface area contributed by atoms with Gasteiger partial charge in [-0.15, -0.1) is 0 Å². The van der Waals surface area contributed by atoms with Gasteiger partial charge in [0, 0.05) is 17.8 Å². The molecule has 2 aliphatic carbocycles. The van der Waals surface area contributed by atoms with Crippen molar-refractivity contribution >= 4 is 0 Å². The lowest BCUT2D eigenvalue weighted by Gasteiger charge is -2.11. The van der Waals surface area contributed by atoms with Gasteiger partial charge in [-0.2, -0.15) is 0 Å². The van der Waals surface area contributed by atoms with Crippen molar-refractivity contribution in [2.75, 3.05) is 0 Å². The summed E-state index contributed by atoms with van der Waals surface area (Å²) < 4.78 is 0. The van der Waals surface area contributed by atoms with Gasteiger partial charge in [-0.3, -0.25) is 0 Å². The number of aromatic amines is 1. The Bertz CT molecular complexity index is 357. The zero-order valence-electron chi connectivity index (χ0n) is 9.84. The highest BCUT2D eigenvalue weighted by Crippen LogP contribution is 2.41. The number of hydrogen-bond donors (Lipinski definition) is 2. The summed E-state index contributed by atoms with van der Waals surface area (Å²) in [6, 6.07) is 0. The Labute approximate surface area is 96.8 Å². The van der Waals surface area contributed by atoms with E-state index < -0.39 is 0 Å². The standard InChI is InChI=1S/C13H21N3/c14-13(7-8-13)12-15-9-11(16-12)10-5-3-1-2-4-6-10/h9-10H,1-8,14H2,(H,15,16). The molecule has 0 aromatic carbocycles. The summed E-state index contributed by atoms with van der Waals surface area (Å²) in [5.41, 5.74) is 7.37. The number of aromatic nitrogens is 2. The molecule has 3 N–H and O–H groups in total. The van der Waals surface area contributed by atoms with Crippen LogP contribution in [0.2, 0.25) is 0 Å². The molecule has 0 atom stereocenters. The molecule has 2 saturated carbocycles. The van der Waals surface area contributed by atoms with Gasteiger partial charge in [0.05, 0.1) is 5.54 Å². The highest BCUT2D eigenvalue weighted by Gasteiger charge is 2.43. The first-order valence-electron chi connectivity index (χ1n) is 6.62. The Hall–Kier alpha value is -0.830. The van der Waals surface area contributed by atoms with Crippen LogP contribution in [-0.4, -0.2) is 9.97 Å². The molecule has 3 nitrogen and oxygen atoms in total. The van der Waals surface area contributed by atoms with Gasteiger partial charge in [-0.05, 0) is 25.7 Å². The van der Waals surface area contributed by atoms with Crippen molar-refractivity contribution in [1.82, 2.24) is 9.97 Å². The maximum absolute atomic E-state index is 6.15. The van der Waals surface area contributed by atoms with E-state index in [-0.39, 0.29) is 5.54 Å². The van der Waals surface area contributed by atoms with Gasteiger partial charge in [0.1, 0.15) is 5.82 Å². The van der Waals surface area contributed by atoms with Crippen molar-refractivity contribution in [1.29, 1.82) is 0 Å². The van der Waals surface area contributed by atoms with Crippen LogP contribution in [0.25, 0.3) is 0 Å². The van der Waals surface area contributed by atoms with Crippen LogP contribution in [0.1, 0.15) is 68.8 Å². The van der Waals surface area contributed by atoms with Crippen LogP contribution in [0.4, 0.5) is 0 Å². The van der Waals surface area contributed by atoms with Crippen molar-refractivity contribution in [3.05, 3.63) is 17.7 Å². The van der Waals surface area contributed by atoms with Gasteiger partial charge in [0.15, 0.2) is 0 Å². The summed E-state index contributed by atoms with van der Waals surface area (Å²) in [6.45, 7) is 0. The first-order valence-corrected chi connectivity index (χ1v) is 6.62. The molecular formula is C13H21N3. The second-order valence-electron chi connectivity index (χ2n) is 5.53. The van der Waals surface area contributed by atoms with E-state index in [1.54, 1.807) is 0 Å². The predicted octanol–water partition coefficient (Wildman–Crippen LogP) is 2.80. The molecule has 88 valence electrons. The molecule has 2 fully saturated rings. The molecule has 0 radical (unpaired) electrons. The lowest BCUT2D eigenvalue weighted by Crippen LogP contribution is -2.20. The fourth-order valence-corrected chi connectivity index (χ4v) is 2.76. The van der Waals surface area contributed by atoms with Crippen LogP contribution in [-0.2, 0) is 5.54 Å². The molecule has 0 unspecified atom stereocenters. The van der Waals surface area contributed by atoms with Crippen LogP contribution in [0.15, 0.2) is 6.20 Å². The lowest BCUT2D eigenvalue weighted by atomic mass is 9.97. The SMILES string of the molecule is NC1(c2ncc(C3CCCCCC3)[nH]2)CC1. The monoisotopic (exact) mass is 219 g/mol. The normalized spacial score (nSPS) is 25.3. The summed E-state index contributed by atoms with van der Waals surface area (Å²) >= 11 is 0. The summed E-state index contributed by atoms with van der Waals surface area (Å²) in [5, 5.41) is 0. The van der Waals surface area contributed by atoms with Crippen molar-refractivity contribution in [3.63, 3.8) is 0 Å². The Kier molecular flexibility index (Phi) is 2.51. The number of imidazole rings is 1. The number of nitrogens with zero attached hydrogens (tertiary/aromatic N) is 1. The highest BCUT2D eigenvalue weighted by atomic mass is 15.0. The summed E-state index contributed by atoms with van der Waals surface area (Å²) in [6.07, 6.45) is 12.4. The Morgan fingerprint density at radius 1 is 1.19 bits per heavy atom. The van der Waals surface area contributed by atoms with Gasteiger partial charge in [-0.25, -0.2) is 4.98 Å². The maximum atomic E-state index is 6.15. The van der Waals surface area contributed by atoms with Crippen molar-refractivity contribution < 1.29 is 0 Å². The second kappa shape index (κ2) is 3.88. The molecule has 2 aliphatic rings. The minimum atomic E-state index is -0.108. The molecule has 0 saturated heterocycles. The topological polar surface area (TPSA) is 54.7 Å². The molecule has 3 rings (SSSR count). The second-order valence-corrected chi connectivity index (χ2v) is 5.53. The van der Waals surface area contributed by atoms with E-state index in [0.29, 0.717) is 5.92 Å². The highest BCUT2D eigenvalue weighted by molar-refractivity contribution is 5.19. The molecule has 3 heteroatoms. The van der Waals surface area contributed by atoms with Gasteiger partial charge >= 0.3 is 0 Å². The van der Waals surface area contributed by atoms with E-state index in [2.05, 4.69) is 9.97 Å². The number of nitrogens with one attached hydrogen (secondary N) is 1. The molecule has 0 amide bonds. The Morgan fingerprint density at radius 2 is 1.88 bits per heavy atom. The number of nitrogens with two attached hydrogens (primary N) is 1. The summed E-state index contributed by atoms with van der Waals surface area (Å²) in [4.78, 5) is 7.95. The third kappa shape index (κ3) is 1.88. The van der Waals surface area contributed by atoms with Crippen LogP contribution in [0.5, 0.6) is 0 Å². The zero-order valence-corrected chi connectivity index (χ0v) is 9.84. The first-order chi connectivity index (χ1) is 7.78. The minimum Gasteiger partial charge on any atom is -0.344 e. The number of H-pyrrole nitrogens is 1. The van der Waals surface area contributed by atoms with Crippen molar-refractivity contribution in [2.24, 2.45) is 5.73 Å². The van der Waals surface area contributed by atoms with E-state index in [0.717, 1.165) is 18.7 Å². The van der Waals surface area contributed by atoms with Crippen LogP contribution in [0.3, 0.4) is 0 Å². The van der Waals surface area contributed by atoms with Crippen LogP contribution < -0.4 is 5.73 Å². The number of hydrogen-bond acceptors (Lipinski definition) is 2. The van der Waals surface area contributed by atoms with E-state index in [4.69, 9.17) is 5.73 Å². The molecule has 0 spiro atoms. The van der Waals surface area contributed by atoms with Gasteiger partial charge in [0.25, 0.3) is 0 Å². The van der Waals surface area contributed by atoms with E-state index >= 15 is 0 Å². The average molecular weight is 219 g/mol. The Morgan fingerprint density at radius 3 is 2.50 bits per heavy atom. The molecule has 0 bridgehead atoms. The maximum Gasteiger partial charge on any atom is 0.126 e. The average Bonchev–Trinajstić information content (AvgIpc) is 2.94. The molecule has 0 aliphatic heterocycles. The predicted molar refractivity (Wildman–Crippen MR) is 64.1 cm³/mol. The third-order valence-corrected chi connectivity index (χ3v) is 4.15. The van der Waals surface area contributed by atoms with Gasteiger partial charge in [0.2, 0.25) is 0 Å². The molecule has 1 aromatic rings. The molecule has 1 heterocycles. The Balaban J connectivity index is 1.75. The van der Waals surface area contributed by atoms with Crippen molar-refractivity contribution in [3.8, 4) is 0 Å². The molecule has 1 aromatic heterocycles.